The Bertz CT molecular complexity index is 781. The molecular weight excluding hydrogens is 396 g/mol. The van der Waals surface area contributed by atoms with Crippen LogP contribution in [0, 0.1) is 0 Å². The Morgan fingerprint density at radius 1 is 1.07 bits per heavy atom. The van der Waals surface area contributed by atoms with E-state index in [9.17, 15) is 9.59 Å². The van der Waals surface area contributed by atoms with Gasteiger partial charge in [0, 0.05) is 30.2 Å². The molecule has 6 heteroatoms. The zero-order valence-electron chi connectivity index (χ0n) is 18.1. The van der Waals surface area contributed by atoms with Crippen molar-refractivity contribution in [3.8, 4) is 5.75 Å². The summed E-state index contributed by atoms with van der Waals surface area (Å²) in [6, 6.07) is 17.2. The molecule has 5 nitrogen and oxygen atoms in total. The van der Waals surface area contributed by atoms with E-state index in [1.807, 2.05) is 68.4 Å². The highest BCUT2D eigenvalue weighted by molar-refractivity contribution is 7.99. The lowest BCUT2D eigenvalue weighted by molar-refractivity contribution is -0.141. The van der Waals surface area contributed by atoms with E-state index >= 15 is 0 Å². The molecule has 0 aliphatic rings. The van der Waals surface area contributed by atoms with Crippen LogP contribution in [0.15, 0.2) is 59.5 Å². The molecule has 0 saturated carbocycles. The Hall–Kier alpha value is -2.47. The van der Waals surface area contributed by atoms with Gasteiger partial charge in [-0.1, -0.05) is 44.2 Å². The molecule has 0 fully saturated rings. The summed E-state index contributed by atoms with van der Waals surface area (Å²) in [6.45, 7) is 4.98. The Kier molecular flexibility index (Phi) is 10.3. The Morgan fingerprint density at radius 3 is 2.37 bits per heavy atom. The van der Waals surface area contributed by atoms with Crippen LogP contribution in [0.5, 0.6) is 5.75 Å². The van der Waals surface area contributed by atoms with Crippen LogP contribution < -0.4 is 10.1 Å². The fraction of sp³-hybridized carbons (Fsp3) is 0.417. The maximum Gasteiger partial charge on any atom is 0.242 e. The number of hydrogen-bond acceptors (Lipinski definition) is 4. The van der Waals surface area contributed by atoms with E-state index < -0.39 is 6.04 Å². The molecule has 0 bridgehead atoms. The molecule has 2 rings (SSSR count). The van der Waals surface area contributed by atoms with Crippen molar-refractivity contribution < 1.29 is 14.3 Å². The molecule has 2 aromatic rings. The van der Waals surface area contributed by atoms with Crippen molar-refractivity contribution in [3.63, 3.8) is 0 Å². The number of thioether (sulfide) groups is 1. The van der Waals surface area contributed by atoms with E-state index in [1.165, 1.54) is 0 Å². The third kappa shape index (κ3) is 7.41. The second kappa shape index (κ2) is 13.0. The molecule has 0 radical (unpaired) electrons. The number of nitrogens with one attached hydrogen (secondary N) is 1. The van der Waals surface area contributed by atoms with Gasteiger partial charge in [0.15, 0.2) is 0 Å². The molecule has 0 unspecified atom stereocenters. The van der Waals surface area contributed by atoms with E-state index in [4.69, 9.17) is 4.74 Å². The van der Waals surface area contributed by atoms with Crippen LogP contribution in [0.4, 0.5) is 0 Å². The van der Waals surface area contributed by atoms with Gasteiger partial charge in [0.2, 0.25) is 11.8 Å². The first-order valence-corrected chi connectivity index (χ1v) is 11.5. The molecule has 162 valence electrons. The van der Waals surface area contributed by atoms with E-state index in [0.717, 1.165) is 22.6 Å². The molecule has 0 aliphatic heterocycles. The van der Waals surface area contributed by atoms with Gasteiger partial charge in [-0.2, -0.15) is 0 Å². The predicted octanol–water partition coefficient (Wildman–Crippen LogP) is 4.51. The number of methoxy groups -OCH3 is 1. The highest BCUT2D eigenvalue weighted by Gasteiger charge is 2.28. The van der Waals surface area contributed by atoms with E-state index in [0.29, 0.717) is 31.7 Å². The van der Waals surface area contributed by atoms with Crippen LogP contribution >= 0.6 is 11.8 Å². The highest BCUT2D eigenvalue weighted by Crippen LogP contribution is 2.21. The summed E-state index contributed by atoms with van der Waals surface area (Å²) in [7, 11) is 1.63. The third-order valence-electron chi connectivity index (χ3n) is 4.77. The van der Waals surface area contributed by atoms with Crippen molar-refractivity contribution in [1.29, 1.82) is 0 Å². The standard InChI is InChI=1S/C24H32N2O3S/c1-4-16-25-24(28)22(5-2)26(18-19-11-13-20(29-3)14-12-19)23(27)15-17-30-21-9-7-6-8-10-21/h6-14,22H,4-5,15-18H2,1-3H3,(H,25,28)/t22-/m0/s1. The minimum absolute atomic E-state index is 0.00672. The molecule has 1 N–H and O–H groups in total. The summed E-state index contributed by atoms with van der Waals surface area (Å²) in [5, 5.41) is 2.95. The molecule has 2 amide bonds. The summed E-state index contributed by atoms with van der Waals surface area (Å²) < 4.78 is 5.22. The quantitative estimate of drug-likeness (QED) is 0.505. The van der Waals surface area contributed by atoms with Gasteiger partial charge in [-0.05, 0) is 42.7 Å². The van der Waals surface area contributed by atoms with Gasteiger partial charge in [0.1, 0.15) is 11.8 Å². The topological polar surface area (TPSA) is 58.6 Å². The van der Waals surface area contributed by atoms with Crippen LogP contribution in [0.2, 0.25) is 0 Å². The zero-order valence-corrected chi connectivity index (χ0v) is 18.9. The van der Waals surface area contributed by atoms with E-state index in [2.05, 4.69) is 5.32 Å². The Balaban J connectivity index is 2.10. The highest BCUT2D eigenvalue weighted by atomic mass is 32.2. The van der Waals surface area contributed by atoms with Crippen molar-refractivity contribution in [2.24, 2.45) is 0 Å². The molecule has 0 spiro atoms. The fourth-order valence-corrected chi connectivity index (χ4v) is 3.99. The summed E-state index contributed by atoms with van der Waals surface area (Å²) in [6.07, 6.45) is 1.82. The fourth-order valence-electron chi connectivity index (χ4n) is 3.13. The van der Waals surface area contributed by atoms with Crippen LogP contribution in [0.1, 0.15) is 38.7 Å². The first-order chi connectivity index (χ1) is 14.6. The minimum atomic E-state index is -0.479. The second-order valence-corrected chi connectivity index (χ2v) is 8.16. The Labute approximate surface area is 184 Å². The molecular formula is C24H32N2O3S. The van der Waals surface area contributed by atoms with Crippen LogP contribution in [0.3, 0.4) is 0 Å². The number of rotatable bonds is 12. The van der Waals surface area contributed by atoms with Gasteiger partial charge in [0.05, 0.1) is 7.11 Å². The summed E-state index contributed by atoms with van der Waals surface area (Å²) in [4.78, 5) is 28.7. The molecule has 0 aromatic heterocycles. The van der Waals surface area contributed by atoms with Crippen molar-refractivity contribution in [2.45, 2.75) is 50.6 Å². The normalized spacial score (nSPS) is 11.6. The average Bonchev–Trinajstić information content (AvgIpc) is 2.78. The second-order valence-electron chi connectivity index (χ2n) is 7.00. The predicted molar refractivity (Wildman–Crippen MR) is 123 cm³/mol. The molecule has 0 heterocycles. The SMILES string of the molecule is CCCNC(=O)[C@H](CC)N(Cc1ccc(OC)cc1)C(=O)CCSc1ccccc1. The third-order valence-corrected chi connectivity index (χ3v) is 5.79. The van der Waals surface area contributed by atoms with Crippen molar-refractivity contribution in [2.75, 3.05) is 19.4 Å². The maximum absolute atomic E-state index is 13.1. The summed E-state index contributed by atoms with van der Waals surface area (Å²) >= 11 is 1.65. The van der Waals surface area contributed by atoms with Crippen LogP contribution in [0.25, 0.3) is 0 Å². The van der Waals surface area contributed by atoms with Crippen molar-refractivity contribution in [3.05, 3.63) is 60.2 Å². The number of hydrogen-bond donors (Lipinski definition) is 1. The van der Waals surface area contributed by atoms with Crippen molar-refractivity contribution >= 4 is 23.6 Å². The first-order valence-electron chi connectivity index (χ1n) is 10.5. The van der Waals surface area contributed by atoms with Crippen LogP contribution in [-0.2, 0) is 16.1 Å². The minimum Gasteiger partial charge on any atom is -0.497 e. The lowest BCUT2D eigenvalue weighted by Crippen LogP contribution is -2.49. The molecule has 1 atom stereocenters. The summed E-state index contributed by atoms with van der Waals surface area (Å²) in [5.74, 6) is 1.35. The molecule has 0 aliphatic carbocycles. The zero-order chi connectivity index (χ0) is 21.8. The maximum atomic E-state index is 13.1. The van der Waals surface area contributed by atoms with E-state index in [1.54, 1.807) is 23.8 Å². The lowest BCUT2D eigenvalue weighted by Gasteiger charge is -2.30. The lowest BCUT2D eigenvalue weighted by atomic mass is 10.1. The number of benzene rings is 2. The van der Waals surface area contributed by atoms with Gasteiger partial charge in [-0.25, -0.2) is 0 Å². The van der Waals surface area contributed by atoms with Gasteiger partial charge < -0.3 is 15.0 Å². The molecule has 0 saturated heterocycles. The van der Waals surface area contributed by atoms with Crippen LogP contribution in [-0.4, -0.2) is 42.2 Å². The molecule has 30 heavy (non-hydrogen) atoms. The van der Waals surface area contributed by atoms with Gasteiger partial charge in [0.25, 0.3) is 0 Å². The number of ether oxygens (including phenoxy) is 1. The monoisotopic (exact) mass is 428 g/mol. The summed E-state index contributed by atoms with van der Waals surface area (Å²) in [5.41, 5.74) is 0.974. The van der Waals surface area contributed by atoms with Gasteiger partial charge >= 0.3 is 0 Å². The average molecular weight is 429 g/mol. The van der Waals surface area contributed by atoms with Gasteiger partial charge in [-0.15, -0.1) is 11.8 Å². The molecule has 2 aromatic carbocycles. The number of nitrogens with zero attached hydrogens (tertiary/aromatic N) is 1. The first kappa shape index (κ1) is 23.8. The Morgan fingerprint density at radius 2 is 1.77 bits per heavy atom. The van der Waals surface area contributed by atoms with Gasteiger partial charge in [-0.3, -0.25) is 9.59 Å². The van der Waals surface area contributed by atoms with E-state index in [-0.39, 0.29) is 11.8 Å². The number of amides is 2. The number of carbonyl (C=O) groups is 2. The number of carbonyl (C=O) groups excluding carboxylic acids is 2. The van der Waals surface area contributed by atoms with Crippen molar-refractivity contribution in [1.82, 2.24) is 10.2 Å². The smallest absolute Gasteiger partial charge is 0.242 e. The largest absolute Gasteiger partial charge is 0.497 e.